The van der Waals surface area contributed by atoms with Crippen molar-refractivity contribution in [2.24, 2.45) is 0 Å². The average molecular weight is 410 g/mol. The van der Waals surface area contributed by atoms with Gasteiger partial charge in [0.05, 0.1) is 24.8 Å². The van der Waals surface area contributed by atoms with E-state index >= 15 is 0 Å². The number of carbonyl (C=O) groups is 2. The number of hydrogen-bond donors (Lipinski definition) is 1. The number of hydrogen-bond acceptors (Lipinski definition) is 4. The van der Waals surface area contributed by atoms with Crippen molar-refractivity contribution < 1.29 is 14.3 Å². The van der Waals surface area contributed by atoms with E-state index in [1.165, 1.54) is 0 Å². The third-order valence-electron chi connectivity index (χ3n) is 4.97. The van der Waals surface area contributed by atoms with Gasteiger partial charge in [0.15, 0.2) is 0 Å². The zero-order chi connectivity index (χ0) is 21.7. The van der Waals surface area contributed by atoms with Gasteiger partial charge in [-0.3, -0.25) is 19.4 Å². The van der Waals surface area contributed by atoms with Crippen molar-refractivity contribution in [2.75, 3.05) is 31.1 Å². The molecule has 1 atom stereocenters. The third-order valence-corrected chi connectivity index (χ3v) is 4.97. The molecule has 160 valence electrons. The minimum atomic E-state index is -0.304. The summed E-state index contributed by atoms with van der Waals surface area (Å²) in [7, 11) is 0. The lowest BCUT2D eigenvalue weighted by atomic mass is 10.0. The lowest BCUT2D eigenvalue weighted by Gasteiger charge is -2.38. The monoisotopic (exact) mass is 409 g/mol. The summed E-state index contributed by atoms with van der Waals surface area (Å²) in [5.41, 5.74) is 1.48. The van der Waals surface area contributed by atoms with Crippen LogP contribution in [0.25, 0.3) is 0 Å². The highest BCUT2D eigenvalue weighted by molar-refractivity contribution is 5.97. The van der Waals surface area contributed by atoms with Crippen molar-refractivity contribution in [1.29, 1.82) is 0 Å². The number of nitrogens with zero attached hydrogens (tertiary/aromatic N) is 2. The number of rotatable bonds is 6. The Labute approximate surface area is 178 Å². The molecule has 0 radical (unpaired) electrons. The summed E-state index contributed by atoms with van der Waals surface area (Å²) in [6.07, 6.45) is 0. The highest BCUT2D eigenvalue weighted by Gasteiger charge is 2.34. The highest BCUT2D eigenvalue weighted by atomic mass is 16.5. The zero-order valence-electron chi connectivity index (χ0n) is 18.2. The fraction of sp³-hybridized carbons (Fsp3) is 0.417. The Hall–Kier alpha value is -2.86. The summed E-state index contributed by atoms with van der Waals surface area (Å²) in [5, 5.41) is 2.96. The van der Waals surface area contributed by atoms with Crippen LogP contribution < -0.4 is 15.0 Å². The van der Waals surface area contributed by atoms with E-state index in [1.54, 1.807) is 0 Å². The summed E-state index contributed by atoms with van der Waals surface area (Å²) in [5.74, 6) is 0.565. The summed E-state index contributed by atoms with van der Waals surface area (Å²) < 4.78 is 5.95. The molecule has 0 saturated heterocycles. The number of carbonyl (C=O) groups excluding carboxylic acids is 2. The molecule has 2 aromatic rings. The molecule has 0 spiro atoms. The van der Waals surface area contributed by atoms with Crippen molar-refractivity contribution in [3.8, 4) is 5.75 Å². The fourth-order valence-electron chi connectivity index (χ4n) is 3.63. The maximum Gasteiger partial charge on any atom is 0.241 e. The number of fused-ring (bicyclic) bond motifs is 1. The Bertz CT molecular complexity index is 877. The summed E-state index contributed by atoms with van der Waals surface area (Å²) >= 11 is 0. The van der Waals surface area contributed by atoms with Gasteiger partial charge in [-0.1, -0.05) is 49.4 Å². The molecule has 0 aromatic heterocycles. The largest absolute Gasteiger partial charge is 0.489 e. The minimum absolute atomic E-state index is 0.0509. The number of benzene rings is 2. The number of para-hydroxylation sites is 2. The Morgan fingerprint density at radius 3 is 2.40 bits per heavy atom. The van der Waals surface area contributed by atoms with Crippen LogP contribution in [0.4, 0.5) is 5.69 Å². The molecule has 6 nitrogen and oxygen atoms in total. The molecule has 0 bridgehead atoms. The molecule has 30 heavy (non-hydrogen) atoms. The van der Waals surface area contributed by atoms with Crippen LogP contribution in [0.1, 0.15) is 39.3 Å². The number of likely N-dealkylation sites (N-methyl/N-ethyl adjacent to an activating group) is 1. The molecular weight excluding hydrogens is 378 g/mol. The molecule has 6 heteroatoms. The third kappa shape index (κ3) is 5.39. The quantitative estimate of drug-likeness (QED) is 0.794. The average Bonchev–Trinajstić information content (AvgIpc) is 2.71. The fourth-order valence-corrected chi connectivity index (χ4v) is 3.63. The van der Waals surface area contributed by atoms with Crippen LogP contribution in [0.15, 0.2) is 54.6 Å². The first kappa shape index (κ1) is 21.8. The molecule has 1 heterocycles. The van der Waals surface area contributed by atoms with E-state index in [-0.39, 0.29) is 36.5 Å². The van der Waals surface area contributed by atoms with Crippen LogP contribution in [0.2, 0.25) is 0 Å². The lowest BCUT2D eigenvalue weighted by Crippen LogP contribution is -2.50. The van der Waals surface area contributed by atoms with Crippen molar-refractivity contribution in [3.05, 3.63) is 60.2 Å². The number of amides is 2. The Morgan fingerprint density at radius 2 is 1.73 bits per heavy atom. The molecule has 1 aliphatic rings. The number of nitrogens with one attached hydrogen (secondary N) is 1. The molecule has 2 aromatic carbocycles. The van der Waals surface area contributed by atoms with E-state index in [9.17, 15) is 9.59 Å². The minimum Gasteiger partial charge on any atom is -0.489 e. The molecule has 0 fully saturated rings. The molecule has 0 unspecified atom stereocenters. The van der Waals surface area contributed by atoms with Gasteiger partial charge in [-0.2, -0.15) is 0 Å². The van der Waals surface area contributed by atoms with E-state index in [4.69, 9.17) is 4.74 Å². The van der Waals surface area contributed by atoms with Gasteiger partial charge < -0.3 is 10.1 Å². The van der Waals surface area contributed by atoms with Crippen LogP contribution in [0.3, 0.4) is 0 Å². The van der Waals surface area contributed by atoms with Crippen LogP contribution in [-0.4, -0.2) is 48.5 Å². The Kier molecular flexibility index (Phi) is 6.77. The van der Waals surface area contributed by atoms with E-state index in [0.29, 0.717) is 18.9 Å². The van der Waals surface area contributed by atoms with Gasteiger partial charge in [-0.05, 0) is 45.0 Å². The molecule has 1 N–H and O–H groups in total. The van der Waals surface area contributed by atoms with Gasteiger partial charge in [0.1, 0.15) is 12.4 Å². The highest BCUT2D eigenvalue weighted by Crippen LogP contribution is 2.39. The Balaban J connectivity index is 1.82. The maximum atomic E-state index is 13.5. The first-order valence-corrected chi connectivity index (χ1v) is 10.4. The van der Waals surface area contributed by atoms with Gasteiger partial charge in [0, 0.05) is 5.54 Å². The predicted molar refractivity (Wildman–Crippen MR) is 119 cm³/mol. The molecule has 3 rings (SSSR count). The number of ether oxygens (including phenoxy) is 1. The van der Waals surface area contributed by atoms with Gasteiger partial charge in [-0.15, -0.1) is 0 Å². The van der Waals surface area contributed by atoms with Crippen LogP contribution in [0, 0.1) is 0 Å². The van der Waals surface area contributed by atoms with Crippen LogP contribution >= 0.6 is 0 Å². The van der Waals surface area contributed by atoms with Gasteiger partial charge in [0.2, 0.25) is 11.8 Å². The second-order valence-electron chi connectivity index (χ2n) is 8.57. The first-order chi connectivity index (χ1) is 14.3. The maximum absolute atomic E-state index is 13.5. The lowest BCUT2D eigenvalue weighted by molar-refractivity contribution is -0.125. The van der Waals surface area contributed by atoms with Crippen molar-refractivity contribution in [1.82, 2.24) is 10.2 Å². The number of anilines is 1. The standard InChI is InChI=1S/C24H31N3O3/c1-5-26(15-22(28)25-24(2,3)4)16-23(29)27-19-13-9-10-14-21(19)30-17-20(27)18-11-7-6-8-12-18/h6-14,20H,5,15-17H2,1-4H3,(H,25,28)/t20-/m1/s1. The first-order valence-electron chi connectivity index (χ1n) is 10.4. The topological polar surface area (TPSA) is 61.9 Å². The van der Waals surface area contributed by atoms with E-state index in [2.05, 4.69) is 5.32 Å². The van der Waals surface area contributed by atoms with Gasteiger partial charge in [-0.25, -0.2) is 0 Å². The Morgan fingerprint density at radius 1 is 1.07 bits per heavy atom. The second-order valence-corrected chi connectivity index (χ2v) is 8.57. The van der Waals surface area contributed by atoms with E-state index in [1.807, 2.05) is 92.1 Å². The molecule has 2 amide bonds. The predicted octanol–water partition coefficient (Wildman–Crippen LogP) is 3.39. The summed E-state index contributed by atoms with van der Waals surface area (Å²) in [6, 6.07) is 17.3. The van der Waals surface area contributed by atoms with Gasteiger partial charge in [0.25, 0.3) is 0 Å². The SMILES string of the molecule is CCN(CC(=O)NC(C)(C)C)CC(=O)N1c2ccccc2OC[C@@H]1c1ccccc1. The van der Waals surface area contributed by atoms with E-state index in [0.717, 1.165) is 11.3 Å². The van der Waals surface area contributed by atoms with Gasteiger partial charge >= 0.3 is 0 Å². The molecule has 1 aliphatic heterocycles. The van der Waals surface area contributed by atoms with Crippen LogP contribution in [-0.2, 0) is 9.59 Å². The second kappa shape index (κ2) is 9.30. The summed E-state index contributed by atoms with van der Waals surface area (Å²) in [6.45, 7) is 9.13. The molecular formula is C24H31N3O3. The summed E-state index contributed by atoms with van der Waals surface area (Å²) in [4.78, 5) is 29.5. The van der Waals surface area contributed by atoms with Crippen LogP contribution in [0.5, 0.6) is 5.75 Å². The van der Waals surface area contributed by atoms with E-state index < -0.39 is 0 Å². The smallest absolute Gasteiger partial charge is 0.241 e. The molecule has 0 aliphatic carbocycles. The normalized spacial score (nSPS) is 16.0. The zero-order valence-corrected chi connectivity index (χ0v) is 18.2. The van der Waals surface area contributed by atoms with Crippen molar-refractivity contribution in [3.63, 3.8) is 0 Å². The molecule has 0 saturated carbocycles. The van der Waals surface area contributed by atoms with Crippen molar-refractivity contribution >= 4 is 17.5 Å². The van der Waals surface area contributed by atoms with Crippen molar-refractivity contribution in [2.45, 2.75) is 39.3 Å².